The maximum atomic E-state index is 4.45. The van der Waals surface area contributed by atoms with Crippen LogP contribution in [0.5, 0.6) is 0 Å². The summed E-state index contributed by atoms with van der Waals surface area (Å²) < 4.78 is 0.427. The summed E-state index contributed by atoms with van der Waals surface area (Å²) in [4.78, 5) is 11.3. The first kappa shape index (κ1) is 13.2. The van der Waals surface area contributed by atoms with Gasteiger partial charge in [0.15, 0.2) is 0 Å². The molecule has 5 heteroatoms. The van der Waals surface area contributed by atoms with Gasteiger partial charge in [0.25, 0.3) is 0 Å². The summed E-state index contributed by atoms with van der Waals surface area (Å²) in [5.41, 5.74) is 1.31. The number of fused-ring (bicyclic) bond motifs is 1. The molecule has 1 aliphatic rings. The second kappa shape index (κ2) is 4.94. The van der Waals surface area contributed by atoms with Crippen LogP contribution in [0.4, 0.5) is 5.82 Å². The molecule has 0 spiro atoms. The van der Waals surface area contributed by atoms with E-state index in [2.05, 4.69) is 35.4 Å². The van der Waals surface area contributed by atoms with Gasteiger partial charge in [0, 0.05) is 16.2 Å². The quantitative estimate of drug-likeness (QED) is 0.924. The fraction of sp³-hybridized carbons (Fsp3) is 0.571. The molecule has 0 unspecified atom stereocenters. The Morgan fingerprint density at radius 2 is 2.16 bits per heavy atom. The van der Waals surface area contributed by atoms with Gasteiger partial charge in [-0.25, -0.2) is 9.97 Å². The Morgan fingerprint density at radius 1 is 1.37 bits per heavy atom. The van der Waals surface area contributed by atoms with Crippen LogP contribution >= 0.6 is 23.1 Å². The maximum Gasteiger partial charge on any atom is 0.138 e. The van der Waals surface area contributed by atoms with Gasteiger partial charge >= 0.3 is 0 Å². The largest absolute Gasteiger partial charge is 0.368 e. The van der Waals surface area contributed by atoms with Crippen molar-refractivity contribution in [2.24, 2.45) is 0 Å². The molecule has 2 heterocycles. The van der Waals surface area contributed by atoms with Crippen molar-refractivity contribution < 1.29 is 0 Å². The van der Waals surface area contributed by atoms with Crippen LogP contribution in [0.2, 0.25) is 0 Å². The Labute approximate surface area is 122 Å². The molecule has 0 radical (unpaired) electrons. The van der Waals surface area contributed by atoms with E-state index in [9.17, 15) is 0 Å². The normalized spacial score (nSPS) is 17.4. The Kier molecular flexibility index (Phi) is 3.43. The molecule has 0 amide bonds. The average Bonchev–Trinajstić information content (AvgIpc) is 2.65. The summed E-state index contributed by atoms with van der Waals surface area (Å²) in [6.45, 7) is 5.33. The highest BCUT2D eigenvalue weighted by Gasteiger charge is 2.36. The molecular formula is C14H19N3S2. The Balaban J connectivity index is 1.88. The topological polar surface area (TPSA) is 37.8 Å². The average molecular weight is 293 g/mol. The molecular weight excluding hydrogens is 274 g/mol. The van der Waals surface area contributed by atoms with Crippen molar-refractivity contribution in [1.29, 1.82) is 0 Å². The van der Waals surface area contributed by atoms with Crippen LogP contribution in [0.15, 0.2) is 6.33 Å². The summed E-state index contributed by atoms with van der Waals surface area (Å²) in [7, 11) is 0. The van der Waals surface area contributed by atoms with Gasteiger partial charge in [-0.1, -0.05) is 6.42 Å². The minimum atomic E-state index is 0.427. The number of hydrogen-bond donors (Lipinski definition) is 1. The third-order valence-corrected chi connectivity index (χ3v) is 6.78. The van der Waals surface area contributed by atoms with E-state index in [1.807, 2.05) is 11.8 Å². The summed E-state index contributed by atoms with van der Waals surface area (Å²) >= 11 is 3.75. The van der Waals surface area contributed by atoms with Gasteiger partial charge < -0.3 is 5.32 Å². The van der Waals surface area contributed by atoms with Gasteiger partial charge in [0.2, 0.25) is 0 Å². The first-order chi connectivity index (χ1) is 9.15. The third kappa shape index (κ3) is 2.23. The summed E-state index contributed by atoms with van der Waals surface area (Å²) in [5.74, 6) is 1.01. The smallest absolute Gasteiger partial charge is 0.138 e. The van der Waals surface area contributed by atoms with Gasteiger partial charge in [-0.2, -0.15) is 11.8 Å². The van der Waals surface area contributed by atoms with E-state index in [-0.39, 0.29) is 0 Å². The SMILES string of the molecule is CSC1(CNc2ncnc3sc(C)c(C)c23)CCC1. The zero-order chi connectivity index (χ0) is 13.5. The number of aromatic nitrogens is 2. The van der Waals surface area contributed by atoms with E-state index in [1.54, 1.807) is 17.7 Å². The van der Waals surface area contributed by atoms with Gasteiger partial charge in [-0.05, 0) is 38.5 Å². The number of anilines is 1. The number of rotatable bonds is 4. The zero-order valence-corrected chi connectivity index (χ0v) is 13.2. The standard InChI is InChI=1S/C14H19N3S2/c1-9-10(2)19-13-11(9)12(16-8-17-13)15-7-14(18-3)5-4-6-14/h8H,4-7H2,1-3H3,(H,15,16,17). The second-order valence-electron chi connectivity index (χ2n) is 5.28. The van der Waals surface area contributed by atoms with Crippen LogP contribution in [-0.2, 0) is 0 Å². The molecule has 1 fully saturated rings. The Hall–Kier alpha value is -0.810. The van der Waals surface area contributed by atoms with E-state index < -0.39 is 0 Å². The molecule has 0 saturated heterocycles. The molecule has 2 aromatic heterocycles. The van der Waals surface area contributed by atoms with Crippen LogP contribution in [-0.4, -0.2) is 27.5 Å². The van der Waals surface area contributed by atoms with Crippen LogP contribution in [0.3, 0.4) is 0 Å². The minimum absolute atomic E-state index is 0.427. The molecule has 2 aromatic rings. The third-order valence-electron chi connectivity index (χ3n) is 4.24. The van der Waals surface area contributed by atoms with Crippen molar-refractivity contribution in [2.75, 3.05) is 18.1 Å². The highest BCUT2D eigenvalue weighted by molar-refractivity contribution is 8.00. The molecule has 0 atom stereocenters. The van der Waals surface area contributed by atoms with E-state index in [0.29, 0.717) is 4.75 Å². The fourth-order valence-electron chi connectivity index (χ4n) is 2.59. The molecule has 3 rings (SSSR count). The lowest BCUT2D eigenvalue weighted by molar-refractivity contribution is 0.379. The number of thiophene rings is 1. The number of aryl methyl sites for hydroxylation is 2. The lowest BCUT2D eigenvalue weighted by Crippen LogP contribution is -2.40. The molecule has 19 heavy (non-hydrogen) atoms. The van der Waals surface area contributed by atoms with E-state index >= 15 is 0 Å². The predicted octanol–water partition coefficient (Wildman–Crippen LogP) is 4.01. The molecule has 102 valence electrons. The Morgan fingerprint density at radius 3 is 2.79 bits per heavy atom. The number of hydrogen-bond acceptors (Lipinski definition) is 5. The molecule has 1 saturated carbocycles. The highest BCUT2D eigenvalue weighted by Crippen LogP contribution is 2.43. The van der Waals surface area contributed by atoms with Gasteiger partial charge in [0.1, 0.15) is 17.0 Å². The highest BCUT2D eigenvalue weighted by atomic mass is 32.2. The van der Waals surface area contributed by atoms with Gasteiger partial charge in [-0.3, -0.25) is 0 Å². The molecule has 1 N–H and O–H groups in total. The van der Waals surface area contributed by atoms with Crippen LogP contribution in [0.1, 0.15) is 29.7 Å². The first-order valence-electron chi connectivity index (χ1n) is 6.65. The van der Waals surface area contributed by atoms with Crippen LogP contribution in [0.25, 0.3) is 10.2 Å². The van der Waals surface area contributed by atoms with E-state index in [1.165, 1.54) is 35.1 Å². The molecule has 0 aromatic carbocycles. The van der Waals surface area contributed by atoms with Crippen molar-refractivity contribution in [3.63, 3.8) is 0 Å². The van der Waals surface area contributed by atoms with Crippen molar-refractivity contribution in [1.82, 2.24) is 9.97 Å². The fourth-order valence-corrected chi connectivity index (χ4v) is 4.50. The van der Waals surface area contributed by atoms with Crippen molar-refractivity contribution in [3.8, 4) is 0 Å². The monoisotopic (exact) mass is 293 g/mol. The molecule has 0 bridgehead atoms. The summed E-state index contributed by atoms with van der Waals surface area (Å²) in [5, 5.41) is 4.78. The predicted molar refractivity (Wildman–Crippen MR) is 85.5 cm³/mol. The second-order valence-corrected chi connectivity index (χ2v) is 7.76. The number of thioether (sulfide) groups is 1. The van der Waals surface area contributed by atoms with Crippen LogP contribution < -0.4 is 5.32 Å². The number of nitrogens with zero attached hydrogens (tertiary/aromatic N) is 2. The molecule has 0 aliphatic heterocycles. The lowest BCUT2D eigenvalue weighted by atomic mass is 9.84. The molecule has 1 aliphatic carbocycles. The molecule has 3 nitrogen and oxygen atoms in total. The summed E-state index contributed by atoms with van der Waals surface area (Å²) in [6.07, 6.45) is 7.88. The zero-order valence-electron chi connectivity index (χ0n) is 11.6. The van der Waals surface area contributed by atoms with Crippen LogP contribution in [0, 0.1) is 13.8 Å². The first-order valence-corrected chi connectivity index (χ1v) is 8.69. The van der Waals surface area contributed by atoms with E-state index in [0.717, 1.165) is 17.2 Å². The van der Waals surface area contributed by atoms with Crippen molar-refractivity contribution in [3.05, 3.63) is 16.8 Å². The number of nitrogens with one attached hydrogen (secondary N) is 1. The van der Waals surface area contributed by atoms with Gasteiger partial charge in [0.05, 0.1) is 5.39 Å². The summed E-state index contributed by atoms with van der Waals surface area (Å²) in [6, 6.07) is 0. The van der Waals surface area contributed by atoms with Crippen molar-refractivity contribution >= 4 is 39.1 Å². The van der Waals surface area contributed by atoms with Crippen molar-refractivity contribution in [2.45, 2.75) is 37.9 Å². The maximum absolute atomic E-state index is 4.45. The minimum Gasteiger partial charge on any atom is -0.368 e. The Bertz CT molecular complexity index is 596. The van der Waals surface area contributed by atoms with Gasteiger partial charge in [-0.15, -0.1) is 11.3 Å². The lowest BCUT2D eigenvalue weighted by Gasteiger charge is -2.40. The van der Waals surface area contributed by atoms with E-state index in [4.69, 9.17) is 0 Å².